The Kier molecular flexibility index (Phi) is 2.78. The van der Waals surface area contributed by atoms with E-state index >= 15 is 0 Å². The molecule has 4 N–H and O–H groups in total. The van der Waals surface area contributed by atoms with Crippen LogP contribution in [0.1, 0.15) is 5.56 Å². The summed E-state index contributed by atoms with van der Waals surface area (Å²) in [6.07, 6.45) is 0. The van der Waals surface area contributed by atoms with Crippen LogP contribution in [0, 0.1) is 6.92 Å². The average molecular weight is 412 g/mol. The number of nitrogens with one attached hydrogen (secondary N) is 4. The average Bonchev–Trinajstić information content (AvgIpc) is 3.27. The lowest BCUT2D eigenvalue weighted by atomic mass is 10.1. The molecule has 5 aromatic rings. The van der Waals surface area contributed by atoms with Crippen molar-refractivity contribution in [2.45, 2.75) is 6.92 Å². The molecule has 0 saturated heterocycles. The quantitative estimate of drug-likeness (QED) is 0.304. The Morgan fingerprint density at radius 3 is 1.87 bits per heavy atom. The summed E-state index contributed by atoms with van der Waals surface area (Å²) in [7, 11) is 0. The van der Waals surface area contributed by atoms with E-state index in [4.69, 9.17) is 19.5 Å². The summed E-state index contributed by atoms with van der Waals surface area (Å²) < 4.78 is 12.3. The van der Waals surface area contributed by atoms with Gasteiger partial charge >= 0.3 is 11.4 Å². The van der Waals surface area contributed by atoms with Gasteiger partial charge in [0.05, 0.1) is 22.1 Å². The van der Waals surface area contributed by atoms with Gasteiger partial charge < -0.3 is 29.4 Å². The number of aromatic nitrogens is 4. The summed E-state index contributed by atoms with van der Waals surface area (Å²) in [5, 5.41) is 1.24. The molecular weight excluding hydrogens is 400 g/mol. The Morgan fingerprint density at radius 2 is 1.23 bits per heavy atom. The van der Waals surface area contributed by atoms with Crippen molar-refractivity contribution in [3.63, 3.8) is 0 Å². The van der Waals surface area contributed by atoms with Crippen molar-refractivity contribution in [3.8, 4) is 23.0 Å². The molecule has 31 heavy (non-hydrogen) atoms. The highest BCUT2D eigenvalue weighted by atomic mass is 16.5. The number of fused-ring (bicyclic) bond motifs is 6. The maximum Gasteiger partial charge on any atom is 0.323 e. The van der Waals surface area contributed by atoms with Crippen LogP contribution >= 0.6 is 0 Å². The largest absolute Gasteiger partial charge is 0.453 e. The van der Waals surface area contributed by atoms with Crippen molar-refractivity contribution in [1.82, 2.24) is 19.9 Å². The Morgan fingerprint density at radius 1 is 0.677 bits per heavy atom. The SMILES string of the molecule is Cc1c2c(cc3c1=Nc1cc4[nH]c(=O)[nH]c4cc1O3)=Nc1cc3[nH]c(=O)[nH]c3cc1O2. The number of H-pyrrole nitrogens is 4. The molecule has 0 atom stereocenters. The van der Waals surface area contributed by atoms with E-state index in [-0.39, 0.29) is 11.4 Å². The number of nitrogens with zero attached hydrogens (tertiary/aromatic N) is 2. The highest BCUT2D eigenvalue weighted by Crippen LogP contribution is 2.40. The number of ether oxygens (including phenoxy) is 2. The molecule has 0 bridgehead atoms. The van der Waals surface area contributed by atoms with Crippen molar-refractivity contribution in [2.24, 2.45) is 9.98 Å². The van der Waals surface area contributed by atoms with Gasteiger partial charge in [0.15, 0.2) is 23.0 Å². The summed E-state index contributed by atoms with van der Waals surface area (Å²) in [5.74, 6) is 2.21. The van der Waals surface area contributed by atoms with Gasteiger partial charge in [-0.1, -0.05) is 0 Å². The fourth-order valence-corrected chi connectivity index (χ4v) is 4.09. The summed E-state index contributed by atoms with van der Waals surface area (Å²) in [6.45, 7) is 1.89. The number of rotatable bonds is 0. The topological polar surface area (TPSA) is 140 Å². The normalized spacial score (nSPS) is 13.3. The van der Waals surface area contributed by atoms with Crippen LogP contribution in [-0.2, 0) is 0 Å². The lowest BCUT2D eigenvalue weighted by Gasteiger charge is -2.20. The first-order valence-corrected chi connectivity index (χ1v) is 9.51. The molecule has 0 spiro atoms. The van der Waals surface area contributed by atoms with E-state index in [0.717, 1.165) is 5.56 Å². The summed E-state index contributed by atoms with van der Waals surface area (Å²) in [6, 6.07) is 8.80. The van der Waals surface area contributed by atoms with Gasteiger partial charge in [-0.25, -0.2) is 19.6 Å². The third-order valence-corrected chi connectivity index (χ3v) is 5.53. The molecule has 10 nitrogen and oxygen atoms in total. The minimum Gasteiger partial charge on any atom is -0.453 e. The first kappa shape index (κ1) is 16.2. The van der Waals surface area contributed by atoms with Crippen LogP contribution in [0.3, 0.4) is 0 Å². The molecule has 2 aromatic heterocycles. The molecule has 0 unspecified atom stereocenters. The second-order valence-corrected chi connectivity index (χ2v) is 7.51. The lowest BCUT2D eigenvalue weighted by molar-refractivity contribution is 0.447. The monoisotopic (exact) mass is 412 g/mol. The standard InChI is InChI=1S/C21H12N6O4/c1-7-18-17(30-15-4-10-9(3-13(15)23-18)25-21(29)26-10)6-14-19(7)31-16-5-11-8(2-12(16)22-14)24-20(28)27-11/h2-6H,1H3,(H2,24,27,28)(H2,25,26,29). The van der Waals surface area contributed by atoms with Crippen molar-refractivity contribution < 1.29 is 9.47 Å². The van der Waals surface area contributed by atoms with Gasteiger partial charge in [0.25, 0.3) is 0 Å². The molecular formula is C21H12N6O4. The number of hydrogen-bond donors (Lipinski definition) is 4. The zero-order valence-electron chi connectivity index (χ0n) is 15.9. The molecule has 2 aliphatic heterocycles. The van der Waals surface area contributed by atoms with Crippen molar-refractivity contribution >= 4 is 33.4 Å². The van der Waals surface area contributed by atoms with E-state index in [2.05, 4.69) is 19.9 Å². The molecule has 150 valence electrons. The van der Waals surface area contributed by atoms with Crippen LogP contribution in [-0.4, -0.2) is 19.9 Å². The number of benzene rings is 3. The van der Waals surface area contributed by atoms with E-state index in [1.165, 1.54) is 0 Å². The minimum absolute atomic E-state index is 0.288. The van der Waals surface area contributed by atoms with E-state index in [1.54, 1.807) is 30.3 Å². The van der Waals surface area contributed by atoms with Gasteiger partial charge in [-0.2, -0.15) is 0 Å². The molecule has 10 heteroatoms. The fraction of sp³-hybridized carbons (Fsp3) is 0.0476. The van der Waals surface area contributed by atoms with Gasteiger partial charge in [0.1, 0.15) is 22.1 Å². The third-order valence-electron chi connectivity index (χ3n) is 5.53. The molecule has 0 amide bonds. The van der Waals surface area contributed by atoms with Crippen LogP contribution in [0.25, 0.3) is 22.1 Å². The summed E-state index contributed by atoms with van der Waals surface area (Å²) in [5.41, 5.74) is 4.00. The Balaban J connectivity index is 1.47. The fourth-order valence-electron chi connectivity index (χ4n) is 4.09. The first-order chi connectivity index (χ1) is 15.0. The third kappa shape index (κ3) is 2.21. The molecule has 4 heterocycles. The van der Waals surface area contributed by atoms with Crippen molar-refractivity contribution in [2.75, 3.05) is 0 Å². The highest BCUT2D eigenvalue weighted by Gasteiger charge is 2.23. The molecule has 0 aliphatic carbocycles. The van der Waals surface area contributed by atoms with Crippen LogP contribution < -0.4 is 31.6 Å². The van der Waals surface area contributed by atoms with Crippen LogP contribution in [0.15, 0.2) is 49.9 Å². The van der Waals surface area contributed by atoms with Crippen LogP contribution in [0.5, 0.6) is 23.0 Å². The maximum atomic E-state index is 11.6. The molecule has 2 aliphatic rings. The molecule has 7 rings (SSSR count). The summed E-state index contributed by atoms with van der Waals surface area (Å²) in [4.78, 5) is 43.6. The van der Waals surface area contributed by atoms with Gasteiger partial charge in [0, 0.05) is 23.8 Å². The molecule has 0 fully saturated rings. The Bertz CT molecular complexity index is 1850. The van der Waals surface area contributed by atoms with E-state index in [1.807, 2.05) is 6.92 Å². The predicted molar refractivity (Wildman–Crippen MR) is 111 cm³/mol. The number of imidazole rings is 2. The van der Waals surface area contributed by atoms with Gasteiger partial charge in [-0.3, -0.25) is 0 Å². The number of aromatic amines is 4. The van der Waals surface area contributed by atoms with E-state index in [0.29, 0.717) is 67.2 Å². The molecule has 0 saturated carbocycles. The van der Waals surface area contributed by atoms with E-state index < -0.39 is 0 Å². The molecule has 3 aromatic carbocycles. The zero-order chi connectivity index (χ0) is 20.9. The Hall–Kier alpha value is -4.60. The highest BCUT2D eigenvalue weighted by molar-refractivity contribution is 5.83. The van der Waals surface area contributed by atoms with Crippen LogP contribution in [0.2, 0.25) is 0 Å². The zero-order valence-corrected chi connectivity index (χ0v) is 15.9. The molecule has 0 radical (unpaired) electrons. The lowest BCUT2D eigenvalue weighted by Crippen LogP contribution is -2.22. The van der Waals surface area contributed by atoms with Gasteiger partial charge in [0.2, 0.25) is 0 Å². The number of hydrogen-bond acceptors (Lipinski definition) is 6. The predicted octanol–water partition coefficient (Wildman–Crippen LogP) is 2.45. The van der Waals surface area contributed by atoms with E-state index in [9.17, 15) is 9.59 Å². The Labute approximate surface area is 170 Å². The first-order valence-electron chi connectivity index (χ1n) is 9.51. The second kappa shape index (κ2) is 5.30. The maximum absolute atomic E-state index is 11.6. The van der Waals surface area contributed by atoms with Crippen molar-refractivity contribution in [1.29, 1.82) is 0 Å². The van der Waals surface area contributed by atoms with Gasteiger partial charge in [-0.05, 0) is 19.1 Å². The summed E-state index contributed by atoms with van der Waals surface area (Å²) >= 11 is 0. The van der Waals surface area contributed by atoms with Gasteiger partial charge in [-0.15, -0.1) is 0 Å². The van der Waals surface area contributed by atoms with Crippen LogP contribution in [0.4, 0.5) is 11.4 Å². The minimum atomic E-state index is -0.288. The van der Waals surface area contributed by atoms with Crippen molar-refractivity contribution in [3.05, 3.63) is 67.6 Å². The smallest absolute Gasteiger partial charge is 0.323 e. The second-order valence-electron chi connectivity index (χ2n) is 7.51.